The average Bonchev–Trinajstić information content (AvgIpc) is 3.17. The summed E-state index contributed by atoms with van der Waals surface area (Å²) in [6, 6.07) is 2.16. The highest BCUT2D eigenvalue weighted by atomic mass is 35.5. The topological polar surface area (TPSA) is 100 Å². The summed E-state index contributed by atoms with van der Waals surface area (Å²) in [6.07, 6.45) is 9.09. The Morgan fingerprint density at radius 1 is 1.26 bits per heavy atom. The van der Waals surface area contributed by atoms with Crippen LogP contribution in [0.25, 0.3) is 0 Å². The molecular formula is C24H36ClN7OS2. The zero-order chi connectivity index (χ0) is 25.4. The maximum absolute atomic E-state index is 12.7. The lowest BCUT2D eigenvalue weighted by atomic mass is 9.74. The molecule has 0 aromatic carbocycles. The quantitative estimate of drug-likeness (QED) is 0.555. The van der Waals surface area contributed by atoms with Crippen molar-refractivity contribution in [3.8, 4) is 0 Å². The van der Waals surface area contributed by atoms with Gasteiger partial charge in [0.25, 0.3) is 0 Å². The first-order chi connectivity index (χ1) is 16.5. The number of rotatable bonds is 6. The first-order valence-electron chi connectivity index (χ1n) is 12.1. The fourth-order valence-electron chi connectivity index (χ4n) is 4.93. The first kappa shape index (κ1) is 26.4. The molecule has 192 valence electrons. The molecule has 1 aliphatic carbocycles. The van der Waals surface area contributed by atoms with Crippen molar-refractivity contribution >= 4 is 51.8 Å². The van der Waals surface area contributed by atoms with Crippen molar-refractivity contribution in [1.82, 2.24) is 19.7 Å². The molecule has 2 atom stereocenters. The van der Waals surface area contributed by atoms with Gasteiger partial charge in [0, 0.05) is 44.3 Å². The van der Waals surface area contributed by atoms with E-state index in [1.54, 1.807) is 12.4 Å². The minimum absolute atomic E-state index is 0.203. The van der Waals surface area contributed by atoms with Crippen molar-refractivity contribution in [3.05, 3.63) is 23.5 Å². The molecule has 1 unspecified atom stereocenters. The third-order valence-electron chi connectivity index (χ3n) is 7.01. The van der Waals surface area contributed by atoms with Crippen LogP contribution < -0.4 is 20.3 Å². The molecule has 0 radical (unpaired) electrons. The molecule has 3 heterocycles. The van der Waals surface area contributed by atoms with Crippen molar-refractivity contribution in [3.63, 3.8) is 0 Å². The summed E-state index contributed by atoms with van der Waals surface area (Å²) in [5.74, 6) is 1.90. The molecule has 1 spiro atoms. The summed E-state index contributed by atoms with van der Waals surface area (Å²) in [6.45, 7) is 7.85. The van der Waals surface area contributed by atoms with Crippen LogP contribution >= 0.6 is 23.4 Å². The minimum atomic E-state index is -1.05. The van der Waals surface area contributed by atoms with E-state index in [1.807, 2.05) is 45.8 Å². The van der Waals surface area contributed by atoms with Crippen LogP contribution in [-0.2, 0) is 11.0 Å². The second-order valence-electron chi connectivity index (χ2n) is 10.7. The second kappa shape index (κ2) is 10.4. The predicted octanol–water partition coefficient (Wildman–Crippen LogP) is 4.52. The Morgan fingerprint density at radius 2 is 1.97 bits per heavy atom. The number of nitrogens with two attached hydrogens (primary N) is 1. The van der Waals surface area contributed by atoms with E-state index in [9.17, 15) is 4.21 Å². The van der Waals surface area contributed by atoms with Crippen molar-refractivity contribution in [2.45, 2.75) is 73.6 Å². The largest absolute Gasteiger partial charge is 0.381 e. The number of aromatic nitrogens is 3. The van der Waals surface area contributed by atoms with Gasteiger partial charge in [0.15, 0.2) is 5.82 Å². The van der Waals surface area contributed by atoms with Crippen LogP contribution in [0.2, 0.25) is 5.02 Å². The summed E-state index contributed by atoms with van der Waals surface area (Å²) in [5, 5.41) is 1.20. The molecule has 2 aromatic rings. The normalized spacial score (nSPS) is 20.9. The summed E-state index contributed by atoms with van der Waals surface area (Å²) >= 11 is 7.94. The number of anilines is 3. The van der Waals surface area contributed by atoms with Crippen LogP contribution in [0.3, 0.4) is 0 Å². The van der Waals surface area contributed by atoms with Gasteiger partial charge in [-0.1, -0.05) is 29.8 Å². The Bertz CT molecular complexity index is 1080. The van der Waals surface area contributed by atoms with Gasteiger partial charge >= 0.3 is 0 Å². The van der Waals surface area contributed by atoms with E-state index in [0.29, 0.717) is 27.7 Å². The monoisotopic (exact) mass is 537 g/mol. The van der Waals surface area contributed by atoms with Gasteiger partial charge in [0.2, 0.25) is 0 Å². The molecule has 2 aliphatic rings. The highest BCUT2D eigenvalue weighted by Crippen LogP contribution is 2.47. The molecule has 11 heteroatoms. The van der Waals surface area contributed by atoms with E-state index in [0.717, 1.165) is 43.1 Å². The van der Waals surface area contributed by atoms with Gasteiger partial charge in [-0.05, 0) is 57.9 Å². The van der Waals surface area contributed by atoms with E-state index in [1.165, 1.54) is 24.6 Å². The lowest BCUT2D eigenvalue weighted by molar-refractivity contribution is 0.188. The van der Waals surface area contributed by atoms with Gasteiger partial charge in [0.05, 0.1) is 27.0 Å². The average molecular weight is 538 g/mol. The van der Waals surface area contributed by atoms with Crippen molar-refractivity contribution in [1.29, 1.82) is 0 Å². The number of nitrogens with zero attached hydrogens (tertiary/aromatic N) is 5. The van der Waals surface area contributed by atoms with E-state index >= 15 is 0 Å². The number of piperidine rings is 1. The number of halogens is 1. The number of hydrogen-bond acceptors (Lipinski definition) is 8. The molecule has 1 aliphatic heterocycles. The molecule has 1 saturated carbocycles. The van der Waals surface area contributed by atoms with E-state index in [2.05, 4.69) is 24.6 Å². The van der Waals surface area contributed by atoms with Crippen LogP contribution in [0.5, 0.6) is 0 Å². The molecule has 1 saturated heterocycles. The van der Waals surface area contributed by atoms with Gasteiger partial charge in [-0.15, -0.1) is 0 Å². The molecule has 0 bridgehead atoms. The number of hydrogen-bond donors (Lipinski definition) is 2. The van der Waals surface area contributed by atoms with Crippen LogP contribution in [0.15, 0.2) is 28.4 Å². The maximum Gasteiger partial charge on any atom is 0.158 e. The van der Waals surface area contributed by atoms with Gasteiger partial charge < -0.3 is 15.5 Å². The van der Waals surface area contributed by atoms with Crippen molar-refractivity contribution < 1.29 is 4.21 Å². The summed E-state index contributed by atoms with van der Waals surface area (Å²) in [7, 11) is 2.76. The standard InChI is InChI=1S/C24H36ClN7OS2/c1-23(2,3)35(33)30-17-7-6-9-24(17)10-13-32(14-11-24)18-15-28-22(20(26)29-18)34-16-8-12-27-21(19(16)25)31(4)5/h8,12,15,17,30H,6-7,9-11,13-14H2,1-5H3,(H2,26,29)/t17-,35?/m1/s1. The Hall–Kier alpha value is -1.62. The molecule has 0 amide bonds. The van der Waals surface area contributed by atoms with Crippen LogP contribution in [0.1, 0.15) is 52.9 Å². The van der Waals surface area contributed by atoms with Gasteiger partial charge in [0.1, 0.15) is 16.7 Å². The maximum atomic E-state index is 12.7. The third kappa shape index (κ3) is 5.70. The van der Waals surface area contributed by atoms with E-state index < -0.39 is 11.0 Å². The Kier molecular flexibility index (Phi) is 7.85. The number of nitrogen functional groups attached to an aromatic ring is 1. The fraction of sp³-hybridized carbons (Fsp3) is 0.625. The molecule has 2 aromatic heterocycles. The zero-order valence-electron chi connectivity index (χ0n) is 21.2. The van der Waals surface area contributed by atoms with E-state index in [-0.39, 0.29) is 10.2 Å². The highest BCUT2D eigenvalue weighted by molar-refractivity contribution is 7.99. The third-order valence-corrected chi connectivity index (χ3v) is 10.2. The lowest BCUT2D eigenvalue weighted by Crippen LogP contribution is -2.51. The molecule has 8 nitrogen and oxygen atoms in total. The van der Waals surface area contributed by atoms with Gasteiger partial charge in [-0.25, -0.2) is 23.9 Å². The van der Waals surface area contributed by atoms with Crippen molar-refractivity contribution in [2.24, 2.45) is 5.41 Å². The molecular weight excluding hydrogens is 502 g/mol. The van der Waals surface area contributed by atoms with Crippen LogP contribution in [0.4, 0.5) is 17.5 Å². The van der Waals surface area contributed by atoms with Crippen LogP contribution in [-0.4, -0.2) is 57.1 Å². The lowest BCUT2D eigenvalue weighted by Gasteiger charge is -2.44. The number of nitrogens with one attached hydrogen (secondary N) is 1. The Balaban J connectivity index is 1.43. The predicted molar refractivity (Wildman–Crippen MR) is 147 cm³/mol. The van der Waals surface area contributed by atoms with Gasteiger partial charge in [-0.3, -0.25) is 0 Å². The fourth-order valence-corrected chi connectivity index (χ4v) is 7.08. The SMILES string of the molecule is CN(C)c1nccc(Sc2ncc(N3CCC4(CCC[C@H]4NS(=O)C(C)(C)C)CC3)nc2N)c1Cl. The highest BCUT2D eigenvalue weighted by Gasteiger charge is 2.46. The zero-order valence-corrected chi connectivity index (χ0v) is 23.6. The number of pyridine rings is 1. The molecule has 2 fully saturated rings. The van der Waals surface area contributed by atoms with Gasteiger partial charge in [-0.2, -0.15) is 0 Å². The first-order valence-corrected chi connectivity index (χ1v) is 14.4. The summed E-state index contributed by atoms with van der Waals surface area (Å²) in [5.41, 5.74) is 6.53. The minimum Gasteiger partial charge on any atom is -0.381 e. The summed E-state index contributed by atoms with van der Waals surface area (Å²) < 4.78 is 16.0. The molecule has 35 heavy (non-hydrogen) atoms. The smallest absolute Gasteiger partial charge is 0.158 e. The van der Waals surface area contributed by atoms with Crippen molar-refractivity contribution in [2.75, 3.05) is 42.7 Å². The van der Waals surface area contributed by atoms with E-state index in [4.69, 9.17) is 17.3 Å². The second-order valence-corrected chi connectivity index (χ2v) is 14.1. The Labute approximate surface area is 220 Å². The van der Waals surface area contributed by atoms with Crippen LogP contribution in [0, 0.1) is 5.41 Å². The Morgan fingerprint density at radius 3 is 2.60 bits per heavy atom. The molecule has 3 N–H and O–H groups in total. The summed E-state index contributed by atoms with van der Waals surface area (Å²) in [4.78, 5) is 18.6. The molecule has 4 rings (SSSR count).